The molecule has 0 fully saturated rings. The Balaban J connectivity index is 3.32. The summed E-state index contributed by atoms with van der Waals surface area (Å²) in [6, 6.07) is 1.74. The molecule has 0 unspecified atom stereocenters. The predicted octanol–water partition coefficient (Wildman–Crippen LogP) is -0.643. The molecule has 5 nitrogen and oxygen atoms in total. The first kappa shape index (κ1) is 7.33. The number of amides is 1. The Labute approximate surface area is 62.2 Å². The molecule has 0 saturated carbocycles. The number of carbonyl (C=O) groups is 1. The van der Waals surface area contributed by atoms with Crippen molar-refractivity contribution in [2.75, 3.05) is 5.73 Å². The molecule has 1 heterocycles. The molecule has 0 aliphatic rings. The van der Waals surface area contributed by atoms with Crippen LogP contribution in [0.1, 0.15) is 0 Å². The van der Waals surface area contributed by atoms with Crippen LogP contribution in [-0.2, 0) is 0 Å². The van der Waals surface area contributed by atoms with Crippen LogP contribution in [0.3, 0.4) is 0 Å². The summed E-state index contributed by atoms with van der Waals surface area (Å²) in [4.78, 5) is 21.3. The maximum absolute atomic E-state index is 10.9. The van der Waals surface area contributed by atoms with Crippen LogP contribution in [0.25, 0.3) is 0 Å². The van der Waals surface area contributed by atoms with Crippen molar-refractivity contribution in [3.63, 3.8) is 0 Å². The van der Waals surface area contributed by atoms with E-state index in [0.29, 0.717) is 5.69 Å². The zero-order valence-corrected chi connectivity index (χ0v) is 5.65. The van der Waals surface area contributed by atoms with Crippen molar-refractivity contribution >= 4 is 11.7 Å². The molecule has 5 heteroatoms. The molecule has 1 amide bonds. The molecule has 0 atom stereocenters. The van der Waals surface area contributed by atoms with Crippen LogP contribution in [-0.4, -0.2) is 10.6 Å². The van der Waals surface area contributed by atoms with E-state index in [1.165, 1.54) is 12.3 Å². The number of nitrogens with two attached hydrogens (primary N) is 2. The topological polar surface area (TPSA) is 91.1 Å². The third kappa shape index (κ3) is 1.37. The van der Waals surface area contributed by atoms with Gasteiger partial charge < -0.3 is 11.5 Å². The van der Waals surface area contributed by atoms with Gasteiger partial charge in [0.15, 0.2) is 0 Å². The highest BCUT2D eigenvalue weighted by atomic mass is 16.2. The Hall–Kier alpha value is -1.78. The Morgan fingerprint density at radius 1 is 1.55 bits per heavy atom. The van der Waals surface area contributed by atoms with E-state index >= 15 is 0 Å². The maximum Gasteiger partial charge on any atom is 0.325 e. The molecule has 0 saturated heterocycles. The molecule has 0 aliphatic heterocycles. The fourth-order valence-corrected chi connectivity index (χ4v) is 0.676. The summed E-state index contributed by atoms with van der Waals surface area (Å²) in [5.74, 6) is 0. The highest BCUT2D eigenvalue weighted by molar-refractivity contribution is 5.74. The fourth-order valence-electron chi connectivity index (χ4n) is 0.676. The highest BCUT2D eigenvalue weighted by Crippen LogP contribution is 1.92. The molecule has 0 aliphatic carbocycles. The molecule has 11 heavy (non-hydrogen) atoms. The molecule has 1 aromatic heterocycles. The lowest BCUT2D eigenvalue weighted by Crippen LogP contribution is -2.30. The number of nitrogen functional groups attached to an aromatic ring is 1. The van der Waals surface area contributed by atoms with Gasteiger partial charge in [-0.25, -0.2) is 9.36 Å². The van der Waals surface area contributed by atoms with Gasteiger partial charge in [-0.3, -0.25) is 4.79 Å². The zero-order valence-electron chi connectivity index (χ0n) is 5.65. The zero-order chi connectivity index (χ0) is 8.43. The summed E-state index contributed by atoms with van der Waals surface area (Å²) in [6.07, 6.45) is 1.24. The fraction of sp³-hybridized carbons (Fsp3) is 0. The van der Waals surface area contributed by atoms with Crippen molar-refractivity contribution in [1.29, 1.82) is 0 Å². The smallest absolute Gasteiger partial charge is 0.325 e. The van der Waals surface area contributed by atoms with E-state index in [0.717, 1.165) is 10.6 Å². The molecule has 0 bridgehead atoms. The molecule has 1 aromatic rings. The van der Waals surface area contributed by atoms with Gasteiger partial charge in [-0.05, 0) is 6.07 Å². The highest BCUT2D eigenvalue weighted by Gasteiger charge is 1.99. The number of primary amides is 1. The maximum atomic E-state index is 10.9. The Bertz CT molecular complexity index is 342. The number of aromatic nitrogens is 1. The lowest BCUT2D eigenvalue weighted by atomic mass is 10.4. The molecular formula is C6H7N3O2. The Morgan fingerprint density at radius 2 is 2.18 bits per heavy atom. The summed E-state index contributed by atoms with van der Waals surface area (Å²) < 4.78 is 0.774. The first-order valence-corrected chi connectivity index (χ1v) is 2.89. The van der Waals surface area contributed by atoms with Gasteiger partial charge in [0.25, 0.3) is 5.56 Å². The van der Waals surface area contributed by atoms with Crippen molar-refractivity contribution in [2.45, 2.75) is 0 Å². The van der Waals surface area contributed by atoms with E-state index < -0.39 is 11.6 Å². The van der Waals surface area contributed by atoms with E-state index in [1.807, 2.05) is 0 Å². The van der Waals surface area contributed by atoms with Gasteiger partial charge in [-0.1, -0.05) is 0 Å². The van der Waals surface area contributed by atoms with E-state index in [2.05, 4.69) is 0 Å². The van der Waals surface area contributed by atoms with Crippen molar-refractivity contribution in [3.8, 4) is 0 Å². The second kappa shape index (κ2) is 2.45. The van der Waals surface area contributed by atoms with Crippen LogP contribution in [0.2, 0.25) is 0 Å². The summed E-state index contributed by atoms with van der Waals surface area (Å²) in [6.45, 7) is 0. The molecule has 58 valence electrons. The quantitative estimate of drug-likeness (QED) is 0.519. The number of carbonyl (C=O) groups excluding carboxylic acids is 1. The van der Waals surface area contributed by atoms with Gasteiger partial charge in [0, 0.05) is 18.0 Å². The molecule has 4 N–H and O–H groups in total. The van der Waals surface area contributed by atoms with Gasteiger partial charge in [0.1, 0.15) is 0 Å². The van der Waals surface area contributed by atoms with E-state index in [-0.39, 0.29) is 0 Å². The number of pyridine rings is 1. The second-order valence-electron chi connectivity index (χ2n) is 2.01. The van der Waals surface area contributed by atoms with Gasteiger partial charge in [-0.15, -0.1) is 0 Å². The van der Waals surface area contributed by atoms with Crippen LogP contribution in [0.15, 0.2) is 23.1 Å². The predicted molar refractivity (Wildman–Crippen MR) is 40.1 cm³/mol. The molecular weight excluding hydrogens is 146 g/mol. The summed E-state index contributed by atoms with van der Waals surface area (Å²) >= 11 is 0. The van der Waals surface area contributed by atoms with Crippen molar-refractivity contribution in [3.05, 3.63) is 28.7 Å². The Kier molecular flexibility index (Phi) is 1.63. The molecule has 0 radical (unpaired) electrons. The summed E-state index contributed by atoms with van der Waals surface area (Å²) in [5, 5.41) is 0. The van der Waals surface area contributed by atoms with Gasteiger partial charge in [-0.2, -0.15) is 0 Å². The number of rotatable bonds is 0. The molecule has 0 spiro atoms. The molecule has 0 aromatic carbocycles. The first-order chi connectivity index (χ1) is 5.11. The third-order valence-electron chi connectivity index (χ3n) is 1.18. The van der Waals surface area contributed by atoms with Crippen LogP contribution < -0.4 is 17.0 Å². The minimum Gasteiger partial charge on any atom is -0.399 e. The average Bonchev–Trinajstić information content (AvgIpc) is 1.85. The molecule has 1 rings (SSSR count). The van der Waals surface area contributed by atoms with Gasteiger partial charge >= 0.3 is 6.03 Å². The standard InChI is InChI=1S/C6H7N3O2/c7-4-1-2-9(6(8)11)5(10)3-4/h1-3H,7H2,(H2,8,11). The SMILES string of the molecule is NC(=O)n1ccc(N)cc1=O. The van der Waals surface area contributed by atoms with E-state index in [9.17, 15) is 9.59 Å². The van der Waals surface area contributed by atoms with Crippen molar-refractivity contribution in [2.24, 2.45) is 5.73 Å². The Morgan fingerprint density at radius 3 is 2.64 bits per heavy atom. The minimum absolute atomic E-state index is 0.313. The van der Waals surface area contributed by atoms with Crippen LogP contribution >= 0.6 is 0 Å². The summed E-state index contributed by atoms with van der Waals surface area (Å²) in [7, 11) is 0. The second-order valence-corrected chi connectivity index (χ2v) is 2.01. The van der Waals surface area contributed by atoms with Crippen LogP contribution in [0, 0.1) is 0 Å². The van der Waals surface area contributed by atoms with Crippen molar-refractivity contribution < 1.29 is 4.79 Å². The number of hydrogen-bond donors (Lipinski definition) is 2. The monoisotopic (exact) mass is 153 g/mol. The van der Waals surface area contributed by atoms with Gasteiger partial charge in [0.2, 0.25) is 0 Å². The summed E-state index contributed by atoms with van der Waals surface area (Å²) in [5.41, 5.74) is 9.91. The first-order valence-electron chi connectivity index (χ1n) is 2.89. The number of nitrogens with zero attached hydrogens (tertiary/aromatic N) is 1. The van der Waals surface area contributed by atoms with Crippen LogP contribution in [0.5, 0.6) is 0 Å². The third-order valence-corrected chi connectivity index (χ3v) is 1.18. The van der Waals surface area contributed by atoms with E-state index in [4.69, 9.17) is 11.5 Å². The normalized spacial score (nSPS) is 9.45. The van der Waals surface area contributed by atoms with Gasteiger partial charge in [0.05, 0.1) is 0 Å². The minimum atomic E-state index is -0.810. The van der Waals surface area contributed by atoms with Crippen molar-refractivity contribution in [1.82, 2.24) is 4.57 Å². The number of anilines is 1. The largest absolute Gasteiger partial charge is 0.399 e. The lowest BCUT2D eigenvalue weighted by molar-refractivity contribution is 0.249. The average molecular weight is 153 g/mol. The van der Waals surface area contributed by atoms with E-state index in [1.54, 1.807) is 0 Å². The number of hydrogen-bond acceptors (Lipinski definition) is 3. The van der Waals surface area contributed by atoms with Crippen LogP contribution in [0.4, 0.5) is 10.5 Å². The lowest BCUT2D eigenvalue weighted by Gasteiger charge is -1.97.